The second-order valence-electron chi connectivity index (χ2n) is 8.74. The van der Waals surface area contributed by atoms with Gasteiger partial charge in [0.05, 0.1) is 36.8 Å². The zero-order valence-corrected chi connectivity index (χ0v) is 19.2. The van der Waals surface area contributed by atoms with E-state index in [1.807, 2.05) is 35.2 Å². The molecule has 3 atom stereocenters. The highest BCUT2D eigenvalue weighted by molar-refractivity contribution is 7.91. The van der Waals surface area contributed by atoms with Gasteiger partial charge in [-0.2, -0.15) is 0 Å². The molecule has 0 bridgehead atoms. The molecule has 2 amide bonds. The molecule has 3 saturated heterocycles. The van der Waals surface area contributed by atoms with Crippen molar-refractivity contribution < 1.29 is 27.5 Å². The van der Waals surface area contributed by atoms with Gasteiger partial charge in [0.1, 0.15) is 12.6 Å². The number of hydrogen-bond donors (Lipinski definition) is 0. The topological polar surface area (TPSA) is 96.5 Å². The van der Waals surface area contributed by atoms with E-state index in [-0.39, 0.29) is 36.1 Å². The number of piperazine rings is 1. The number of amides is 2. The number of carbonyl (C=O) groups excluding carboxylic acids is 2. The van der Waals surface area contributed by atoms with Crippen molar-refractivity contribution in [1.29, 1.82) is 0 Å². The van der Waals surface area contributed by atoms with Crippen LogP contribution in [0.4, 0.5) is 4.79 Å². The van der Waals surface area contributed by atoms with E-state index in [2.05, 4.69) is 4.90 Å². The SMILES string of the molecule is C[C@H]1C(=O)N2[C@@H](CCN3CCS(=O)(=O)CC3)COC[C@H]2CN1C(=O)OCc1ccccc1. The molecule has 3 fully saturated rings. The van der Waals surface area contributed by atoms with Crippen LogP contribution in [0.15, 0.2) is 30.3 Å². The molecular weight excluding hydrogens is 434 g/mol. The van der Waals surface area contributed by atoms with Crippen molar-refractivity contribution in [3.63, 3.8) is 0 Å². The van der Waals surface area contributed by atoms with Crippen LogP contribution in [0.1, 0.15) is 18.9 Å². The number of carbonyl (C=O) groups is 2. The van der Waals surface area contributed by atoms with Gasteiger partial charge in [0.2, 0.25) is 5.91 Å². The van der Waals surface area contributed by atoms with Crippen molar-refractivity contribution in [3.8, 4) is 0 Å². The fourth-order valence-electron chi connectivity index (χ4n) is 4.60. The van der Waals surface area contributed by atoms with Crippen molar-refractivity contribution in [2.45, 2.75) is 38.1 Å². The smallest absolute Gasteiger partial charge is 0.410 e. The quantitative estimate of drug-likeness (QED) is 0.633. The summed E-state index contributed by atoms with van der Waals surface area (Å²) in [5.74, 6) is 0.292. The van der Waals surface area contributed by atoms with Crippen LogP contribution in [0.5, 0.6) is 0 Å². The number of rotatable bonds is 5. The summed E-state index contributed by atoms with van der Waals surface area (Å²) in [5, 5.41) is 0. The molecule has 1 aromatic carbocycles. The Kier molecular flexibility index (Phi) is 7.02. The van der Waals surface area contributed by atoms with E-state index in [0.717, 1.165) is 12.1 Å². The molecule has 9 nitrogen and oxygen atoms in total. The fourth-order valence-corrected chi connectivity index (χ4v) is 5.87. The maximum Gasteiger partial charge on any atom is 0.410 e. The van der Waals surface area contributed by atoms with E-state index in [1.165, 1.54) is 4.90 Å². The lowest BCUT2D eigenvalue weighted by Crippen LogP contribution is -2.68. The van der Waals surface area contributed by atoms with Gasteiger partial charge >= 0.3 is 6.09 Å². The van der Waals surface area contributed by atoms with Crippen molar-refractivity contribution in [3.05, 3.63) is 35.9 Å². The molecule has 0 saturated carbocycles. The molecule has 32 heavy (non-hydrogen) atoms. The highest BCUT2D eigenvalue weighted by Crippen LogP contribution is 2.26. The van der Waals surface area contributed by atoms with Crippen LogP contribution >= 0.6 is 0 Å². The zero-order chi connectivity index (χ0) is 22.7. The van der Waals surface area contributed by atoms with Gasteiger partial charge in [-0.1, -0.05) is 30.3 Å². The van der Waals surface area contributed by atoms with Crippen LogP contribution in [0.2, 0.25) is 0 Å². The van der Waals surface area contributed by atoms with Crippen molar-refractivity contribution in [2.24, 2.45) is 0 Å². The predicted molar refractivity (Wildman–Crippen MR) is 118 cm³/mol. The normalized spacial score (nSPS) is 28.3. The first-order chi connectivity index (χ1) is 15.3. The van der Waals surface area contributed by atoms with E-state index in [9.17, 15) is 18.0 Å². The van der Waals surface area contributed by atoms with E-state index in [4.69, 9.17) is 9.47 Å². The molecule has 0 aliphatic carbocycles. The van der Waals surface area contributed by atoms with Crippen LogP contribution in [0.25, 0.3) is 0 Å². The Labute approximate surface area is 189 Å². The number of benzene rings is 1. The van der Waals surface area contributed by atoms with Crippen molar-refractivity contribution >= 4 is 21.8 Å². The second-order valence-corrected chi connectivity index (χ2v) is 11.0. The number of fused-ring (bicyclic) bond motifs is 1. The third kappa shape index (κ3) is 5.24. The molecule has 0 radical (unpaired) electrons. The molecule has 1 aromatic rings. The third-order valence-corrected chi connectivity index (χ3v) is 8.16. The monoisotopic (exact) mass is 465 g/mol. The minimum Gasteiger partial charge on any atom is -0.445 e. The summed E-state index contributed by atoms with van der Waals surface area (Å²) in [7, 11) is -2.91. The lowest BCUT2D eigenvalue weighted by Gasteiger charge is -2.50. The summed E-state index contributed by atoms with van der Waals surface area (Å²) in [5.41, 5.74) is 0.894. The van der Waals surface area contributed by atoms with Gasteiger partial charge in [-0.15, -0.1) is 0 Å². The molecule has 0 N–H and O–H groups in total. The summed E-state index contributed by atoms with van der Waals surface area (Å²) in [6.45, 7) is 4.91. The standard InChI is InChI=1S/C22H31N3O6S/c1-17-21(26)25-19(7-8-23-9-11-32(28,29)12-10-23)15-30-16-20(25)13-24(17)22(27)31-14-18-5-3-2-4-6-18/h2-6,17,19-20H,7-16H2,1H3/t17-,19-,20+/m0/s1. The number of morpholine rings is 1. The average Bonchev–Trinajstić information content (AvgIpc) is 2.79. The minimum atomic E-state index is -2.91. The molecular formula is C22H31N3O6S. The molecule has 0 spiro atoms. The Hall–Kier alpha value is -2.17. The summed E-state index contributed by atoms with van der Waals surface area (Å²) >= 11 is 0. The second kappa shape index (κ2) is 9.76. The molecule has 176 valence electrons. The maximum atomic E-state index is 13.2. The summed E-state index contributed by atoms with van der Waals surface area (Å²) in [4.78, 5) is 31.4. The fraction of sp³-hybridized carbons (Fsp3) is 0.636. The summed E-state index contributed by atoms with van der Waals surface area (Å²) in [6, 6.07) is 8.56. The van der Waals surface area contributed by atoms with Crippen LogP contribution in [0.3, 0.4) is 0 Å². The largest absolute Gasteiger partial charge is 0.445 e. The number of ether oxygens (including phenoxy) is 2. The van der Waals surface area contributed by atoms with Crippen LogP contribution in [-0.2, 0) is 30.7 Å². The molecule has 3 heterocycles. The number of sulfone groups is 1. The molecule has 10 heteroatoms. The van der Waals surface area contributed by atoms with E-state index in [0.29, 0.717) is 39.3 Å². The lowest BCUT2D eigenvalue weighted by molar-refractivity contribution is -0.161. The lowest BCUT2D eigenvalue weighted by atomic mass is 10.0. The van der Waals surface area contributed by atoms with Crippen LogP contribution in [0, 0.1) is 0 Å². The van der Waals surface area contributed by atoms with Gasteiger partial charge in [-0.25, -0.2) is 13.2 Å². The molecule has 3 aliphatic rings. The summed E-state index contributed by atoms with van der Waals surface area (Å²) in [6.07, 6.45) is 0.221. The molecule has 0 aromatic heterocycles. The maximum absolute atomic E-state index is 13.2. The van der Waals surface area contributed by atoms with Gasteiger partial charge in [-0.05, 0) is 18.9 Å². The zero-order valence-electron chi connectivity index (χ0n) is 18.4. The van der Waals surface area contributed by atoms with E-state index < -0.39 is 22.0 Å². The molecule has 0 unspecified atom stereocenters. The Morgan fingerprint density at radius 3 is 2.59 bits per heavy atom. The van der Waals surface area contributed by atoms with Crippen molar-refractivity contribution in [2.75, 3.05) is 50.9 Å². The van der Waals surface area contributed by atoms with Gasteiger partial charge in [0, 0.05) is 26.2 Å². The van der Waals surface area contributed by atoms with Gasteiger partial charge in [0.25, 0.3) is 0 Å². The molecule has 4 rings (SSSR count). The Balaban J connectivity index is 1.34. The average molecular weight is 466 g/mol. The van der Waals surface area contributed by atoms with E-state index in [1.54, 1.807) is 6.92 Å². The van der Waals surface area contributed by atoms with Gasteiger partial charge < -0.3 is 19.3 Å². The van der Waals surface area contributed by atoms with E-state index >= 15 is 0 Å². The Morgan fingerprint density at radius 1 is 1.16 bits per heavy atom. The Morgan fingerprint density at radius 2 is 1.88 bits per heavy atom. The molecule has 3 aliphatic heterocycles. The first-order valence-electron chi connectivity index (χ1n) is 11.1. The predicted octanol–water partition coefficient (Wildman–Crippen LogP) is 0.744. The number of hydrogen-bond acceptors (Lipinski definition) is 7. The van der Waals surface area contributed by atoms with Crippen molar-refractivity contribution in [1.82, 2.24) is 14.7 Å². The van der Waals surface area contributed by atoms with Gasteiger partial charge in [0.15, 0.2) is 9.84 Å². The van der Waals surface area contributed by atoms with Crippen LogP contribution < -0.4 is 0 Å². The first kappa shape index (κ1) is 23.0. The highest BCUT2D eigenvalue weighted by atomic mass is 32.2. The van der Waals surface area contributed by atoms with Crippen LogP contribution in [-0.4, -0.2) is 104 Å². The highest BCUT2D eigenvalue weighted by Gasteiger charge is 2.45. The Bertz CT molecular complexity index is 911. The third-order valence-electron chi connectivity index (χ3n) is 6.55. The van der Waals surface area contributed by atoms with Gasteiger partial charge in [-0.3, -0.25) is 9.69 Å². The summed E-state index contributed by atoms with van der Waals surface area (Å²) < 4.78 is 34.5. The first-order valence-corrected chi connectivity index (χ1v) is 13.0. The minimum absolute atomic E-state index is 0.0790. The number of nitrogens with zero attached hydrogens (tertiary/aromatic N) is 3.